The quantitative estimate of drug-likeness (QED) is 0.876. The third-order valence-corrected chi connectivity index (χ3v) is 5.09. The number of halogens is 1. The Morgan fingerprint density at radius 3 is 2.58 bits per heavy atom. The van der Waals surface area contributed by atoms with E-state index < -0.39 is 0 Å². The van der Waals surface area contributed by atoms with E-state index in [1.807, 2.05) is 6.92 Å². The van der Waals surface area contributed by atoms with Crippen molar-refractivity contribution in [1.29, 1.82) is 0 Å². The summed E-state index contributed by atoms with van der Waals surface area (Å²) in [6.07, 6.45) is 1.33. The Labute approximate surface area is 125 Å². The van der Waals surface area contributed by atoms with Crippen molar-refractivity contribution < 1.29 is 0 Å². The first-order valence-electron chi connectivity index (χ1n) is 7.21. The van der Waals surface area contributed by atoms with Gasteiger partial charge in [0, 0.05) is 28.8 Å². The highest BCUT2D eigenvalue weighted by Crippen LogP contribution is 2.34. The molecule has 1 heterocycles. The first-order chi connectivity index (χ1) is 8.90. The molecule has 3 unspecified atom stereocenters. The van der Waals surface area contributed by atoms with Crippen LogP contribution in [0.4, 0.5) is 5.69 Å². The van der Waals surface area contributed by atoms with Crippen LogP contribution in [0.5, 0.6) is 0 Å². The highest BCUT2D eigenvalue weighted by Gasteiger charge is 2.29. The molecule has 0 spiro atoms. The van der Waals surface area contributed by atoms with Gasteiger partial charge in [0.05, 0.1) is 0 Å². The largest absolute Gasteiger partial charge is 0.368 e. The molecule has 0 radical (unpaired) electrons. The molecule has 1 aliphatic heterocycles. The van der Waals surface area contributed by atoms with Crippen molar-refractivity contribution in [2.75, 3.05) is 11.4 Å². The number of piperidine rings is 1. The molecule has 1 aliphatic rings. The second kappa shape index (κ2) is 5.84. The normalized spacial score (nSPS) is 29.4. The van der Waals surface area contributed by atoms with Gasteiger partial charge in [-0.15, -0.1) is 0 Å². The van der Waals surface area contributed by atoms with Gasteiger partial charge in [0.2, 0.25) is 0 Å². The molecule has 1 aromatic carbocycles. The van der Waals surface area contributed by atoms with E-state index >= 15 is 0 Å². The fraction of sp³-hybridized carbons (Fsp3) is 0.625. The van der Waals surface area contributed by atoms with Gasteiger partial charge in [0.15, 0.2) is 0 Å². The molecule has 0 amide bonds. The molecule has 0 saturated carbocycles. The van der Waals surface area contributed by atoms with Crippen LogP contribution in [0, 0.1) is 11.8 Å². The average molecular weight is 325 g/mol. The number of rotatable bonds is 2. The molecule has 1 fully saturated rings. The summed E-state index contributed by atoms with van der Waals surface area (Å²) in [7, 11) is 0. The van der Waals surface area contributed by atoms with Crippen LogP contribution in [0.25, 0.3) is 0 Å². The highest BCUT2D eigenvalue weighted by molar-refractivity contribution is 9.10. The zero-order valence-electron chi connectivity index (χ0n) is 12.4. The molecule has 1 aromatic rings. The van der Waals surface area contributed by atoms with E-state index in [1.165, 1.54) is 17.7 Å². The highest BCUT2D eigenvalue weighted by atomic mass is 79.9. The Balaban J connectivity index is 2.28. The standard InChI is InChI=1S/C16H25BrN2/c1-10-7-11(2)13(4)19(9-10)14-5-6-15(12(3)18)16(17)8-14/h5-6,8,10-13H,7,9,18H2,1-4H3/t10?,11?,12-,13?/m0/s1. The molecule has 2 N–H and O–H groups in total. The van der Waals surface area contributed by atoms with Gasteiger partial charge in [-0.1, -0.05) is 35.8 Å². The van der Waals surface area contributed by atoms with E-state index in [1.54, 1.807) is 0 Å². The molecule has 2 nitrogen and oxygen atoms in total. The predicted molar refractivity (Wildman–Crippen MR) is 86.5 cm³/mol. The van der Waals surface area contributed by atoms with Crippen molar-refractivity contribution in [3.8, 4) is 0 Å². The van der Waals surface area contributed by atoms with Gasteiger partial charge in [-0.25, -0.2) is 0 Å². The lowest BCUT2D eigenvalue weighted by molar-refractivity contribution is 0.297. The van der Waals surface area contributed by atoms with Gasteiger partial charge in [-0.2, -0.15) is 0 Å². The molecule has 0 aliphatic carbocycles. The monoisotopic (exact) mass is 324 g/mol. The molecular formula is C16H25BrN2. The molecule has 1 saturated heterocycles. The summed E-state index contributed by atoms with van der Waals surface area (Å²) in [5.74, 6) is 1.51. The van der Waals surface area contributed by atoms with E-state index in [4.69, 9.17) is 5.73 Å². The second-order valence-electron chi connectivity index (χ2n) is 6.21. The first kappa shape index (κ1) is 14.9. The Bertz CT molecular complexity index is 444. The molecule has 4 atom stereocenters. The smallest absolute Gasteiger partial charge is 0.0380 e. The Hall–Kier alpha value is -0.540. The molecule has 0 aromatic heterocycles. The maximum atomic E-state index is 5.97. The van der Waals surface area contributed by atoms with Crippen LogP contribution in [0.1, 0.15) is 45.7 Å². The number of nitrogens with two attached hydrogens (primary N) is 1. The van der Waals surface area contributed by atoms with Crippen LogP contribution in [0.3, 0.4) is 0 Å². The SMILES string of the molecule is CC1CC(C)C(C)N(c2ccc([C@H](C)N)c(Br)c2)C1. The third-order valence-electron chi connectivity index (χ3n) is 4.40. The van der Waals surface area contributed by atoms with Crippen molar-refractivity contribution in [3.05, 3.63) is 28.2 Å². The summed E-state index contributed by atoms with van der Waals surface area (Å²) in [5, 5.41) is 0. The summed E-state index contributed by atoms with van der Waals surface area (Å²) < 4.78 is 1.12. The number of hydrogen-bond donors (Lipinski definition) is 1. The Kier molecular flexibility index (Phi) is 4.57. The molecule has 3 heteroatoms. The van der Waals surface area contributed by atoms with E-state index in [9.17, 15) is 0 Å². The van der Waals surface area contributed by atoms with Gasteiger partial charge >= 0.3 is 0 Å². The fourth-order valence-corrected chi connectivity index (χ4v) is 3.85. The number of hydrogen-bond acceptors (Lipinski definition) is 2. The maximum absolute atomic E-state index is 5.97. The second-order valence-corrected chi connectivity index (χ2v) is 7.06. The van der Waals surface area contributed by atoms with Gasteiger partial charge in [-0.05, 0) is 49.8 Å². The molecule has 2 rings (SSSR count). The van der Waals surface area contributed by atoms with E-state index in [2.05, 4.69) is 59.8 Å². The van der Waals surface area contributed by atoms with Gasteiger partial charge in [-0.3, -0.25) is 0 Å². The summed E-state index contributed by atoms with van der Waals surface area (Å²) in [6.45, 7) is 10.2. The van der Waals surface area contributed by atoms with Crippen molar-refractivity contribution in [2.24, 2.45) is 17.6 Å². The molecule has 106 valence electrons. The first-order valence-corrected chi connectivity index (χ1v) is 8.01. The van der Waals surface area contributed by atoms with Crippen molar-refractivity contribution in [2.45, 2.75) is 46.2 Å². The third kappa shape index (κ3) is 3.14. The summed E-state index contributed by atoms with van der Waals surface area (Å²) >= 11 is 3.66. The zero-order chi connectivity index (χ0) is 14.2. The fourth-order valence-electron chi connectivity index (χ4n) is 3.12. The zero-order valence-corrected chi connectivity index (χ0v) is 13.9. The average Bonchev–Trinajstić information content (AvgIpc) is 2.33. The lowest BCUT2D eigenvalue weighted by atomic mass is 9.85. The number of nitrogens with zero attached hydrogens (tertiary/aromatic N) is 1. The van der Waals surface area contributed by atoms with Gasteiger partial charge < -0.3 is 10.6 Å². The minimum absolute atomic E-state index is 0.0695. The number of benzene rings is 1. The maximum Gasteiger partial charge on any atom is 0.0380 e. The summed E-state index contributed by atoms with van der Waals surface area (Å²) in [6, 6.07) is 7.26. The molecule has 19 heavy (non-hydrogen) atoms. The van der Waals surface area contributed by atoms with Crippen LogP contribution < -0.4 is 10.6 Å². The Morgan fingerprint density at radius 1 is 1.32 bits per heavy atom. The van der Waals surface area contributed by atoms with Crippen LogP contribution in [0.2, 0.25) is 0 Å². The number of anilines is 1. The van der Waals surface area contributed by atoms with Crippen LogP contribution in [0.15, 0.2) is 22.7 Å². The van der Waals surface area contributed by atoms with Gasteiger partial charge in [0.1, 0.15) is 0 Å². The van der Waals surface area contributed by atoms with E-state index in [0.29, 0.717) is 6.04 Å². The van der Waals surface area contributed by atoms with Crippen molar-refractivity contribution in [1.82, 2.24) is 0 Å². The minimum Gasteiger partial charge on any atom is -0.368 e. The minimum atomic E-state index is 0.0695. The lowest BCUT2D eigenvalue weighted by Crippen LogP contribution is -2.45. The van der Waals surface area contributed by atoms with Crippen molar-refractivity contribution in [3.63, 3.8) is 0 Å². The van der Waals surface area contributed by atoms with E-state index in [-0.39, 0.29) is 6.04 Å². The summed E-state index contributed by atoms with van der Waals surface area (Å²) in [4.78, 5) is 2.54. The lowest BCUT2D eigenvalue weighted by Gasteiger charge is -2.42. The van der Waals surface area contributed by atoms with Crippen molar-refractivity contribution >= 4 is 21.6 Å². The topological polar surface area (TPSA) is 29.3 Å². The molecular weight excluding hydrogens is 300 g/mol. The van der Waals surface area contributed by atoms with Crippen LogP contribution in [-0.4, -0.2) is 12.6 Å². The van der Waals surface area contributed by atoms with E-state index in [0.717, 1.165) is 22.9 Å². The Morgan fingerprint density at radius 2 is 2.00 bits per heavy atom. The van der Waals surface area contributed by atoms with Gasteiger partial charge in [0.25, 0.3) is 0 Å². The predicted octanol–water partition coefficient (Wildman–Crippen LogP) is 4.34. The van der Waals surface area contributed by atoms with Crippen LogP contribution in [-0.2, 0) is 0 Å². The van der Waals surface area contributed by atoms with Crippen LogP contribution >= 0.6 is 15.9 Å². The summed E-state index contributed by atoms with van der Waals surface area (Å²) in [5.41, 5.74) is 8.45. The molecule has 0 bridgehead atoms.